The van der Waals surface area contributed by atoms with Crippen LogP contribution in [0.2, 0.25) is 0 Å². The van der Waals surface area contributed by atoms with Crippen molar-refractivity contribution < 1.29 is 18.7 Å². The van der Waals surface area contributed by atoms with Crippen molar-refractivity contribution in [3.05, 3.63) is 41.7 Å². The van der Waals surface area contributed by atoms with Crippen molar-refractivity contribution in [1.82, 2.24) is 9.80 Å². The van der Waals surface area contributed by atoms with Gasteiger partial charge in [0, 0.05) is 36.8 Å². The van der Waals surface area contributed by atoms with Crippen LogP contribution in [0.15, 0.2) is 30.4 Å². The summed E-state index contributed by atoms with van der Waals surface area (Å²) in [4.78, 5) is 30.7. The summed E-state index contributed by atoms with van der Waals surface area (Å²) in [7, 11) is 0. The van der Waals surface area contributed by atoms with Crippen LogP contribution in [0.1, 0.15) is 45.1 Å². The lowest BCUT2D eigenvalue weighted by Crippen LogP contribution is -2.52. The molecule has 0 unspecified atom stereocenters. The Labute approximate surface area is 183 Å². The highest BCUT2D eigenvalue weighted by atomic mass is 19.1. The van der Waals surface area contributed by atoms with E-state index in [1.807, 2.05) is 18.7 Å². The van der Waals surface area contributed by atoms with Crippen LogP contribution in [0.4, 0.5) is 14.9 Å². The summed E-state index contributed by atoms with van der Waals surface area (Å²) < 4.78 is 19.3. The fraction of sp³-hybridized carbons (Fsp3) is 0.583. The molecule has 7 heteroatoms. The first-order chi connectivity index (χ1) is 15.0. The summed E-state index contributed by atoms with van der Waals surface area (Å²) in [5.41, 5.74) is 1.64. The Bertz CT molecular complexity index is 856. The van der Waals surface area contributed by atoms with Gasteiger partial charge in [0.1, 0.15) is 5.82 Å². The topological polar surface area (TPSA) is 53.1 Å². The van der Waals surface area contributed by atoms with E-state index >= 15 is 0 Å². The quantitative estimate of drug-likeness (QED) is 0.688. The number of benzene rings is 1. The monoisotopic (exact) mass is 429 g/mol. The van der Waals surface area contributed by atoms with Crippen LogP contribution in [0.25, 0.3) is 0 Å². The average molecular weight is 430 g/mol. The van der Waals surface area contributed by atoms with E-state index in [2.05, 4.69) is 4.90 Å². The maximum absolute atomic E-state index is 14.1. The number of rotatable bonds is 3. The molecule has 2 amide bonds. The van der Waals surface area contributed by atoms with Gasteiger partial charge in [0.2, 0.25) is 0 Å². The first kappa shape index (κ1) is 21.8. The van der Waals surface area contributed by atoms with Gasteiger partial charge >= 0.3 is 6.09 Å². The molecule has 2 saturated heterocycles. The van der Waals surface area contributed by atoms with Gasteiger partial charge in [-0.05, 0) is 82.5 Å². The van der Waals surface area contributed by atoms with Gasteiger partial charge in [0.15, 0.2) is 0 Å². The van der Waals surface area contributed by atoms with Crippen LogP contribution in [0.5, 0.6) is 0 Å². The van der Waals surface area contributed by atoms with E-state index in [1.54, 1.807) is 29.2 Å². The van der Waals surface area contributed by atoms with Crippen LogP contribution in [0.3, 0.4) is 0 Å². The molecule has 4 rings (SSSR count). The number of ether oxygens (including phenoxy) is 1. The lowest BCUT2D eigenvalue weighted by molar-refractivity contribution is -0.114. The first-order valence-corrected chi connectivity index (χ1v) is 11.4. The van der Waals surface area contributed by atoms with Crippen LogP contribution in [-0.4, -0.2) is 67.2 Å². The lowest BCUT2D eigenvalue weighted by Gasteiger charge is -2.45. The average Bonchev–Trinajstić information content (AvgIpc) is 3.08. The lowest BCUT2D eigenvalue weighted by atomic mass is 9.74. The maximum Gasteiger partial charge on any atom is 0.409 e. The number of amides is 2. The van der Waals surface area contributed by atoms with Crippen molar-refractivity contribution >= 4 is 17.7 Å². The Morgan fingerprint density at radius 1 is 1.19 bits per heavy atom. The molecule has 0 aliphatic carbocycles. The molecule has 2 fully saturated rings. The molecule has 168 valence electrons. The third kappa shape index (κ3) is 4.20. The van der Waals surface area contributed by atoms with Crippen molar-refractivity contribution in [2.75, 3.05) is 44.2 Å². The smallest absolute Gasteiger partial charge is 0.409 e. The largest absolute Gasteiger partial charge is 0.450 e. The van der Waals surface area contributed by atoms with Gasteiger partial charge in [-0.3, -0.25) is 4.79 Å². The first-order valence-electron chi connectivity index (χ1n) is 11.4. The number of hydrogen-bond acceptors (Lipinski definition) is 4. The molecule has 1 aromatic carbocycles. The van der Waals surface area contributed by atoms with Crippen LogP contribution < -0.4 is 4.90 Å². The molecule has 0 bridgehead atoms. The zero-order valence-corrected chi connectivity index (χ0v) is 18.5. The summed E-state index contributed by atoms with van der Waals surface area (Å²) >= 11 is 0. The minimum Gasteiger partial charge on any atom is -0.450 e. The molecule has 0 aromatic heterocycles. The zero-order chi connectivity index (χ0) is 22.0. The van der Waals surface area contributed by atoms with E-state index in [1.165, 1.54) is 6.07 Å². The number of likely N-dealkylation sites (tertiary alicyclic amines) is 2. The molecular formula is C24H32FN3O3. The standard InChI is InChI=1S/C24H32FN3O3/c1-3-5-22(29)28-17-24(20-16-18(25)6-7-21(20)28)10-14-26(15-11-24)19-8-12-27(13-9-19)23(30)31-4-2/h3,5-7,16,19H,4,8-15,17H2,1-2H3/b5-3+. The van der Waals surface area contributed by atoms with E-state index < -0.39 is 0 Å². The molecule has 3 aliphatic rings. The third-order valence-electron chi connectivity index (χ3n) is 7.12. The number of anilines is 1. The Kier molecular flexibility index (Phi) is 6.32. The van der Waals surface area contributed by atoms with E-state index in [9.17, 15) is 14.0 Å². The summed E-state index contributed by atoms with van der Waals surface area (Å²) in [6.45, 7) is 7.98. The summed E-state index contributed by atoms with van der Waals surface area (Å²) in [6, 6.07) is 5.28. The maximum atomic E-state index is 14.1. The molecule has 31 heavy (non-hydrogen) atoms. The predicted octanol–water partition coefficient (Wildman–Crippen LogP) is 3.70. The number of hydrogen-bond donors (Lipinski definition) is 0. The highest BCUT2D eigenvalue weighted by molar-refractivity contribution is 6.03. The fourth-order valence-corrected chi connectivity index (χ4v) is 5.44. The van der Waals surface area contributed by atoms with Crippen molar-refractivity contribution in [2.45, 2.75) is 51.0 Å². The molecule has 0 radical (unpaired) electrons. The fourth-order valence-electron chi connectivity index (χ4n) is 5.44. The normalized spacial score (nSPS) is 21.6. The second-order valence-electron chi connectivity index (χ2n) is 8.82. The van der Waals surface area contributed by atoms with E-state index in [0.717, 1.165) is 63.1 Å². The van der Waals surface area contributed by atoms with Crippen LogP contribution in [-0.2, 0) is 14.9 Å². The summed E-state index contributed by atoms with van der Waals surface area (Å²) in [5.74, 6) is -0.284. The highest BCUT2D eigenvalue weighted by Gasteiger charge is 2.47. The number of fused-ring (bicyclic) bond motifs is 2. The van der Waals surface area contributed by atoms with Crippen LogP contribution in [0, 0.1) is 5.82 Å². The zero-order valence-electron chi connectivity index (χ0n) is 18.5. The van der Waals surface area contributed by atoms with Crippen LogP contribution >= 0.6 is 0 Å². The molecule has 0 N–H and O–H groups in total. The van der Waals surface area contributed by atoms with Crippen molar-refractivity contribution in [3.8, 4) is 0 Å². The van der Waals surface area contributed by atoms with Gasteiger partial charge in [-0.2, -0.15) is 0 Å². The molecular weight excluding hydrogens is 397 g/mol. The Morgan fingerprint density at radius 3 is 2.55 bits per heavy atom. The van der Waals surface area contributed by atoms with Gasteiger partial charge in [0.25, 0.3) is 5.91 Å². The molecule has 0 atom stereocenters. The van der Waals surface area contributed by atoms with E-state index in [0.29, 0.717) is 19.2 Å². The van der Waals surface area contributed by atoms with Gasteiger partial charge < -0.3 is 19.4 Å². The van der Waals surface area contributed by atoms with Crippen molar-refractivity contribution in [1.29, 1.82) is 0 Å². The van der Waals surface area contributed by atoms with Gasteiger partial charge in [-0.25, -0.2) is 9.18 Å². The Balaban J connectivity index is 1.43. The summed E-state index contributed by atoms with van der Waals surface area (Å²) in [5, 5.41) is 0. The third-order valence-corrected chi connectivity index (χ3v) is 7.12. The van der Waals surface area contributed by atoms with Gasteiger partial charge in [-0.15, -0.1) is 0 Å². The SMILES string of the molecule is C/C=C/C(=O)N1CC2(CCN(C3CCN(C(=O)OCC)CC3)CC2)c2cc(F)ccc21. The Hall–Kier alpha value is -2.41. The molecule has 3 aliphatic heterocycles. The number of piperidine rings is 2. The van der Waals surface area contributed by atoms with E-state index in [4.69, 9.17) is 4.74 Å². The van der Waals surface area contributed by atoms with Gasteiger partial charge in [-0.1, -0.05) is 6.08 Å². The molecule has 3 heterocycles. The van der Waals surface area contributed by atoms with E-state index in [-0.39, 0.29) is 23.2 Å². The number of nitrogens with zero attached hydrogens (tertiary/aromatic N) is 3. The Morgan fingerprint density at radius 2 is 1.90 bits per heavy atom. The second-order valence-corrected chi connectivity index (χ2v) is 8.82. The number of allylic oxidation sites excluding steroid dienone is 1. The highest BCUT2D eigenvalue weighted by Crippen LogP contribution is 2.47. The number of halogens is 1. The number of carbonyl (C=O) groups excluding carboxylic acids is 2. The molecule has 1 spiro atoms. The van der Waals surface area contributed by atoms with Crippen molar-refractivity contribution in [2.24, 2.45) is 0 Å². The molecule has 6 nitrogen and oxygen atoms in total. The van der Waals surface area contributed by atoms with Crippen molar-refractivity contribution in [3.63, 3.8) is 0 Å². The minimum atomic E-state index is -0.243. The summed E-state index contributed by atoms with van der Waals surface area (Å²) in [6.07, 6.45) is 6.82. The predicted molar refractivity (Wildman–Crippen MR) is 118 cm³/mol. The number of carbonyl (C=O) groups is 2. The van der Waals surface area contributed by atoms with Gasteiger partial charge in [0.05, 0.1) is 6.61 Å². The second kappa shape index (κ2) is 8.99. The molecule has 0 saturated carbocycles. The minimum absolute atomic E-state index is 0.0407. The molecule has 1 aromatic rings.